The average molecular weight is 467 g/mol. The summed E-state index contributed by atoms with van der Waals surface area (Å²) >= 11 is 6.15. The minimum Gasteiger partial charge on any atom is -0.350 e. The second-order valence-corrected chi connectivity index (χ2v) is 9.16. The van der Waals surface area contributed by atoms with Gasteiger partial charge in [0.25, 0.3) is 0 Å². The largest absolute Gasteiger partial charge is 0.350 e. The van der Waals surface area contributed by atoms with Crippen LogP contribution in [0.15, 0.2) is 54.9 Å². The van der Waals surface area contributed by atoms with Gasteiger partial charge in [0.05, 0.1) is 12.1 Å². The van der Waals surface area contributed by atoms with Crippen LogP contribution >= 0.6 is 11.6 Å². The van der Waals surface area contributed by atoms with Crippen molar-refractivity contribution in [2.24, 2.45) is 0 Å². The van der Waals surface area contributed by atoms with Gasteiger partial charge < -0.3 is 10.3 Å². The normalized spacial score (nSPS) is 23.7. The summed E-state index contributed by atoms with van der Waals surface area (Å²) in [5, 5.41) is 6.87. The Hall–Kier alpha value is -3.07. The first-order valence-electron chi connectivity index (χ1n) is 11.1. The molecule has 0 spiro atoms. The molecule has 3 amide bonds. The van der Waals surface area contributed by atoms with Crippen LogP contribution in [0.5, 0.6) is 0 Å². The van der Waals surface area contributed by atoms with E-state index in [1.807, 2.05) is 24.4 Å². The SMILES string of the molecule is Cc1ccc(C2CC3C4NN(CC(=O)NCc5ccccc5Cl)C(=O)N4C=CN3N2)cc1C. The molecule has 3 atom stereocenters. The molecule has 3 aliphatic rings. The van der Waals surface area contributed by atoms with Crippen LogP contribution < -0.4 is 16.2 Å². The number of hydrazine groups is 2. The van der Waals surface area contributed by atoms with E-state index in [-0.39, 0.29) is 36.7 Å². The van der Waals surface area contributed by atoms with Crippen LogP contribution in [0.4, 0.5) is 4.79 Å². The van der Waals surface area contributed by atoms with Crippen LogP contribution in [0.25, 0.3) is 0 Å². The fraction of sp³-hybridized carbons (Fsp3) is 0.333. The zero-order chi connectivity index (χ0) is 23.1. The molecule has 2 aromatic rings. The Kier molecular flexibility index (Phi) is 5.74. The second-order valence-electron chi connectivity index (χ2n) is 8.75. The number of nitrogens with one attached hydrogen (secondary N) is 3. The highest BCUT2D eigenvalue weighted by molar-refractivity contribution is 6.31. The lowest BCUT2D eigenvalue weighted by molar-refractivity contribution is -0.122. The first-order chi connectivity index (χ1) is 15.9. The van der Waals surface area contributed by atoms with Crippen LogP contribution in [0.3, 0.4) is 0 Å². The number of hydrogen-bond acceptors (Lipinski definition) is 5. The van der Waals surface area contributed by atoms with Gasteiger partial charge in [-0.3, -0.25) is 9.69 Å². The van der Waals surface area contributed by atoms with E-state index in [0.717, 1.165) is 12.0 Å². The molecule has 2 aromatic carbocycles. The van der Waals surface area contributed by atoms with Crippen molar-refractivity contribution in [2.75, 3.05) is 6.54 Å². The Bertz CT molecular complexity index is 1120. The first kappa shape index (κ1) is 21.8. The summed E-state index contributed by atoms with van der Waals surface area (Å²) in [6.07, 6.45) is 4.24. The van der Waals surface area contributed by atoms with Crippen LogP contribution in [-0.4, -0.2) is 45.6 Å². The Morgan fingerprint density at radius 3 is 2.73 bits per heavy atom. The molecule has 0 saturated carbocycles. The van der Waals surface area contributed by atoms with Crippen molar-refractivity contribution >= 4 is 23.5 Å². The van der Waals surface area contributed by atoms with Crippen LogP contribution in [-0.2, 0) is 11.3 Å². The maximum atomic E-state index is 12.9. The van der Waals surface area contributed by atoms with Crippen molar-refractivity contribution in [3.05, 3.63) is 82.1 Å². The predicted molar refractivity (Wildman–Crippen MR) is 125 cm³/mol. The lowest BCUT2D eigenvalue weighted by atomic mass is 9.97. The molecule has 2 saturated heterocycles. The quantitative estimate of drug-likeness (QED) is 0.631. The number of carbonyl (C=O) groups excluding carboxylic acids is 2. The molecule has 8 nitrogen and oxygen atoms in total. The molecule has 3 heterocycles. The number of urea groups is 1. The maximum Gasteiger partial charge on any atom is 0.340 e. The predicted octanol–water partition coefficient (Wildman–Crippen LogP) is 2.95. The molecule has 172 valence electrons. The number of hydrogen-bond donors (Lipinski definition) is 3. The lowest BCUT2D eigenvalue weighted by Gasteiger charge is -2.34. The smallest absolute Gasteiger partial charge is 0.340 e. The molecule has 3 unspecified atom stereocenters. The summed E-state index contributed by atoms with van der Waals surface area (Å²) in [5.41, 5.74) is 11.4. The Morgan fingerprint density at radius 1 is 1.12 bits per heavy atom. The lowest BCUT2D eigenvalue weighted by Crippen LogP contribution is -2.54. The summed E-state index contributed by atoms with van der Waals surface area (Å²) < 4.78 is 0. The highest BCUT2D eigenvalue weighted by atomic mass is 35.5. The van der Waals surface area contributed by atoms with Gasteiger partial charge in [0.2, 0.25) is 5.91 Å². The summed E-state index contributed by atoms with van der Waals surface area (Å²) in [5.74, 6) is -0.256. The topological polar surface area (TPSA) is 80.0 Å². The molecule has 0 bridgehead atoms. The fourth-order valence-corrected chi connectivity index (χ4v) is 4.77. The molecule has 0 aliphatic carbocycles. The number of fused-ring (bicyclic) bond motifs is 3. The van der Waals surface area contributed by atoms with Crippen LogP contribution in [0.2, 0.25) is 5.02 Å². The number of rotatable bonds is 5. The van der Waals surface area contributed by atoms with Gasteiger partial charge in [-0.1, -0.05) is 48.0 Å². The number of halogens is 1. The molecule has 33 heavy (non-hydrogen) atoms. The molecule has 0 aromatic heterocycles. The van der Waals surface area contributed by atoms with E-state index in [1.54, 1.807) is 17.2 Å². The van der Waals surface area contributed by atoms with Crippen molar-refractivity contribution in [3.8, 4) is 0 Å². The molecule has 5 rings (SSSR count). The van der Waals surface area contributed by atoms with E-state index in [9.17, 15) is 9.59 Å². The van der Waals surface area contributed by atoms with Gasteiger partial charge in [-0.2, -0.15) is 0 Å². The van der Waals surface area contributed by atoms with E-state index in [0.29, 0.717) is 11.6 Å². The summed E-state index contributed by atoms with van der Waals surface area (Å²) in [4.78, 5) is 27.1. The van der Waals surface area contributed by atoms with Crippen LogP contribution in [0.1, 0.15) is 34.7 Å². The third-order valence-corrected chi connectivity index (χ3v) is 6.97. The molecule has 3 aliphatic heterocycles. The van der Waals surface area contributed by atoms with Gasteiger partial charge in [0.1, 0.15) is 12.7 Å². The minimum atomic E-state index is -0.256. The van der Waals surface area contributed by atoms with E-state index >= 15 is 0 Å². The monoisotopic (exact) mass is 466 g/mol. The fourth-order valence-electron chi connectivity index (χ4n) is 4.57. The van der Waals surface area contributed by atoms with E-state index in [4.69, 9.17) is 11.6 Å². The number of carbonyl (C=O) groups is 2. The van der Waals surface area contributed by atoms with Crippen molar-refractivity contribution in [3.63, 3.8) is 0 Å². The zero-order valence-electron chi connectivity index (χ0n) is 18.6. The van der Waals surface area contributed by atoms with E-state index in [2.05, 4.69) is 53.2 Å². The Balaban J connectivity index is 1.22. The third-order valence-electron chi connectivity index (χ3n) is 6.60. The van der Waals surface area contributed by atoms with Crippen molar-refractivity contribution in [1.29, 1.82) is 0 Å². The van der Waals surface area contributed by atoms with Gasteiger partial charge >= 0.3 is 6.03 Å². The first-order valence-corrected chi connectivity index (χ1v) is 11.4. The molecular formula is C24H27ClN6O2. The molecule has 2 fully saturated rings. The van der Waals surface area contributed by atoms with Gasteiger partial charge in [-0.15, -0.1) is 0 Å². The van der Waals surface area contributed by atoms with Crippen LogP contribution in [0, 0.1) is 13.8 Å². The number of nitrogens with zero attached hydrogens (tertiary/aromatic N) is 3. The van der Waals surface area contributed by atoms with Crippen molar-refractivity contribution < 1.29 is 9.59 Å². The second kappa shape index (κ2) is 8.70. The molecule has 3 N–H and O–H groups in total. The van der Waals surface area contributed by atoms with Crippen molar-refractivity contribution in [2.45, 2.75) is 45.1 Å². The standard InChI is InChI=1S/C24H27ClN6O2/c1-15-7-8-17(11-16(15)2)20-12-21-23-28-31(24(33)29(23)9-10-30(21)27-20)14-22(32)26-13-18-5-3-4-6-19(18)25/h3-11,20-21,23,27-28H,12-14H2,1-2H3,(H,26,32). The van der Waals surface area contributed by atoms with Gasteiger partial charge in [0.15, 0.2) is 0 Å². The van der Waals surface area contributed by atoms with E-state index < -0.39 is 0 Å². The highest BCUT2D eigenvalue weighted by Gasteiger charge is 2.48. The Labute approximate surface area is 198 Å². The maximum absolute atomic E-state index is 12.9. The number of aryl methyl sites for hydroxylation is 2. The van der Waals surface area contributed by atoms with Crippen molar-refractivity contribution in [1.82, 2.24) is 31.1 Å². The molecule has 0 radical (unpaired) electrons. The van der Waals surface area contributed by atoms with Gasteiger partial charge in [-0.25, -0.2) is 20.7 Å². The van der Waals surface area contributed by atoms with E-state index in [1.165, 1.54) is 21.7 Å². The average Bonchev–Trinajstić information content (AvgIpc) is 3.37. The Morgan fingerprint density at radius 2 is 1.94 bits per heavy atom. The molecule has 9 heteroatoms. The zero-order valence-corrected chi connectivity index (χ0v) is 19.3. The summed E-state index contributed by atoms with van der Waals surface area (Å²) in [7, 11) is 0. The van der Waals surface area contributed by atoms with Gasteiger partial charge in [0, 0.05) is 24.0 Å². The van der Waals surface area contributed by atoms with Gasteiger partial charge in [-0.05, 0) is 48.6 Å². The third kappa shape index (κ3) is 4.17. The summed E-state index contributed by atoms with van der Waals surface area (Å²) in [6.45, 7) is 4.46. The number of amides is 3. The minimum absolute atomic E-state index is 0.0433. The highest BCUT2D eigenvalue weighted by Crippen LogP contribution is 2.35. The number of benzene rings is 2. The molecular weight excluding hydrogens is 440 g/mol. The summed E-state index contributed by atoms with van der Waals surface area (Å²) in [6, 6.07) is 13.8.